The van der Waals surface area contributed by atoms with Crippen molar-refractivity contribution in [2.45, 2.75) is 18.9 Å². The van der Waals surface area contributed by atoms with Crippen molar-refractivity contribution in [3.63, 3.8) is 0 Å². The van der Waals surface area contributed by atoms with Crippen LogP contribution in [0.25, 0.3) is 11.1 Å². The average molecular weight is 512 g/mol. The van der Waals surface area contributed by atoms with Crippen LogP contribution in [0.1, 0.15) is 24.5 Å². The molecule has 0 aromatic heterocycles. The number of halogens is 1. The van der Waals surface area contributed by atoms with Crippen molar-refractivity contribution in [2.75, 3.05) is 19.9 Å². The van der Waals surface area contributed by atoms with Crippen LogP contribution in [-0.4, -0.2) is 45.1 Å². The highest BCUT2D eigenvalue weighted by molar-refractivity contribution is 7.87. The molecule has 10 heteroatoms. The molecule has 0 fully saturated rings. The Kier molecular flexibility index (Phi) is 6.73. The topological polar surface area (TPSA) is 111 Å². The number of rotatable bonds is 8. The van der Waals surface area contributed by atoms with Crippen molar-refractivity contribution in [3.05, 3.63) is 83.7 Å². The van der Waals surface area contributed by atoms with Crippen LogP contribution in [-0.2, 0) is 20.5 Å². The number of carbonyl (C=O) groups is 1. The second-order valence-electron chi connectivity index (χ2n) is 8.34. The van der Waals surface area contributed by atoms with Crippen LogP contribution < -0.4 is 14.7 Å². The lowest BCUT2D eigenvalue weighted by molar-refractivity contribution is -0.129. The Morgan fingerprint density at radius 1 is 1.03 bits per heavy atom. The summed E-state index contributed by atoms with van der Waals surface area (Å²) in [6.45, 7) is 1.74. The zero-order valence-electron chi connectivity index (χ0n) is 20.1. The van der Waals surface area contributed by atoms with E-state index in [2.05, 4.69) is 4.99 Å². The fourth-order valence-electron chi connectivity index (χ4n) is 4.14. The third-order valence-electron chi connectivity index (χ3n) is 5.95. The van der Waals surface area contributed by atoms with Crippen LogP contribution in [0.3, 0.4) is 0 Å². The van der Waals surface area contributed by atoms with Crippen molar-refractivity contribution >= 4 is 22.0 Å². The van der Waals surface area contributed by atoms with Gasteiger partial charge in [-0.2, -0.15) is 8.42 Å². The lowest BCUT2D eigenvalue weighted by Crippen LogP contribution is -2.41. The van der Waals surface area contributed by atoms with Gasteiger partial charge in [0.1, 0.15) is 5.75 Å². The molecule has 0 saturated carbocycles. The molecule has 0 saturated heterocycles. The van der Waals surface area contributed by atoms with Gasteiger partial charge in [-0.05, 0) is 59.0 Å². The van der Waals surface area contributed by atoms with Crippen LogP contribution >= 0.6 is 0 Å². The third kappa shape index (κ3) is 4.51. The van der Waals surface area contributed by atoms with Crippen LogP contribution in [0.2, 0.25) is 0 Å². The van der Waals surface area contributed by atoms with Gasteiger partial charge in [0.25, 0.3) is 5.91 Å². The van der Waals surface area contributed by atoms with Crippen molar-refractivity contribution in [1.82, 2.24) is 4.90 Å². The van der Waals surface area contributed by atoms with Crippen LogP contribution in [0.15, 0.2) is 71.7 Å². The maximum atomic E-state index is 14.0. The second-order valence-corrected chi connectivity index (χ2v) is 10.0. The minimum Gasteiger partial charge on any atom is -0.494 e. The number of guanidine groups is 1. The molecule has 0 spiro atoms. The molecule has 2 N–H and O–H groups in total. The van der Waals surface area contributed by atoms with E-state index < -0.39 is 21.5 Å². The molecule has 1 unspecified atom stereocenters. The normalized spacial score (nSPS) is 17.7. The number of carbonyl (C=O) groups excluding carboxylic acids is 1. The quantitative estimate of drug-likeness (QED) is 0.462. The van der Waals surface area contributed by atoms with Gasteiger partial charge in [0.2, 0.25) is 0 Å². The predicted octanol–water partition coefficient (Wildman–Crippen LogP) is 3.65. The van der Waals surface area contributed by atoms with Gasteiger partial charge in [-0.15, -0.1) is 0 Å². The summed E-state index contributed by atoms with van der Waals surface area (Å²) in [5.74, 6) is -0.697. The van der Waals surface area contributed by atoms with E-state index in [0.29, 0.717) is 28.7 Å². The molecule has 3 aromatic rings. The lowest BCUT2D eigenvalue weighted by Gasteiger charge is -2.26. The second kappa shape index (κ2) is 9.62. The number of benzene rings is 3. The number of methoxy groups -OCH3 is 1. The Morgan fingerprint density at radius 2 is 1.72 bits per heavy atom. The zero-order valence-corrected chi connectivity index (χ0v) is 20.9. The number of ether oxygens (including phenoxy) is 1. The molecule has 0 bridgehead atoms. The van der Waals surface area contributed by atoms with E-state index in [9.17, 15) is 17.6 Å². The largest absolute Gasteiger partial charge is 0.494 e. The summed E-state index contributed by atoms with van der Waals surface area (Å²) in [5.41, 5.74) is 6.98. The van der Waals surface area contributed by atoms with Gasteiger partial charge >= 0.3 is 10.1 Å². The van der Waals surface area contributed by atoms with Crippen LogP contribution in [0.5, 0.6) is 11.5 Å². The first-order valence-corrected chi connectivity index (χ1v) is 12.8. The molecule has 1 aliphatic rings. The molecule has 1 heterocycles. The molecule has 8 nitrogen and oxygen atoms in total. The van der Waals surface area contributed by atoms with Gasteiger partial charge in [-0.3, -0.25) is 9.69 Å². The van der Waals surface area contributed by atoms with Crippen molar-refractivity contribution in [2.24, 2.45) is 10.7 Å². The Labute approximate surface area is 209 Å². The van der Waals surface area contributed by atoms with E-state index >= 15 is 0 Å². The highest BCUT2D eigenvalue weighted by atomic mass is 32.2. The monoisotopic (exact) mass is 511 g/mol. The number of amides is 1. The maximum absolute atomic E-state index is 14.0. The van der Waals surface area contributed by atoms with E-state index in [-0.39, 0.29) is 29.1 Å². The summed E-state index contributed by atoms with van der Waals surface area (Å²) in [4.78, 5) is 19.4. The summed E-state index contributed by atoms with van der Waals surface area (Å²) >= 11 is 0. The van der Waals surface area contributed by atoms with Gasteiger partial charge in [-0.1, -0.05) is 43.3 Å². The molecule has 0 aliphatic carbocycles. The summed E-state index contributed by atoms with van der Waals surface area (Å²) in [6, 6.07) is 17.8. The lowest BCUT2D eigenvalue weighted by atomic mass is 9.81. The van der Waals surface area contributed by atoms with Crippen molar-refractivity contribution < 1.29 is 26.5 Å². The Morgan fingerprint density at radius 3 is 2.33 bits per heavy atom. The first-order chi connectivity index (χ1) is 17.1. The molecule has 4 rings (SSSR count). The highest BCUT2D eigenvalue weighted by Crippen LogP contribution is 2.41. The number of aliphatic imine (C=N–C) groups is 1. The molecular weight excluding hydrogens is 485 g/mol. The fourth-order valence-corrected chi connectivity index (χ4v) is 5.12. The molecule has 1 aliphatic heterocycles. The first-order valence-electron chi connectivity index (χ1n) is 11.2. The molecule has 36 heavy (non-hydrogen) atoms. The highest BCUT2D eigenvalue weighted by Gasteiger charge is 2.49. The van der Waals surface area contributed by atoms with Crippen molar-refractivity contribution in [3.8, 4) is 22.6 Å². The summed E-state index contributed by atoms with van der Waals surface area (Å²) in [6.07, 6.45) is 0.425. The fraction of sp³-hybridized carbons (Fsp3) is 0.231. The molecule has 188 valence electrons. The summed E-state index contributed by atoms with van der Waals surface area (Å²) in [7, 11) is -0.795. The molecule has 0 radical (unpaired) electrons. The Balaban J connectivity index is 1.81. The number of hydrogen-bond donors (Lipinski definition) is 1. The number of nitrogens with two attached hydrogens (primary N) is 1. The van der Waals surface area contributed by atoms with Gasteiger partial charge in [-0.25, -0.2) is 9.38 Å². The van der Waals surface area contributed by atoms with Gasteiger partial charge < -0.3 is 14.7 Å². The van der Waals surface area contributed by atoms with E-state index in [1.54, 1.807) is 49.4 Å². The van der Waals surface area contributed by atoms with E-state index in [4.69, 9.17) is 14.7 Å². The Bertz CT molecular complexity index is 1440. The predicted molar refractivity (Wildman–Crippen MR) is 135 cm³/mol. The van der Waals surface area contributed by atoms with Crippen molar-refractivity contribution in [1.29, 1.82) is 0 Å². The zero-order chi connectivity index (χ0) is 26.1. The standard InChI is InChI=1S/C26H26FN3O5S/c1-4-14-36(32,33)35-21-11-9-19(10-12-21)26(24(31)30(2)25(28)29-26)20-7-5-6-17(15-20)18-8-13-22(27)23(16-18)34-3/h5-13,15-16H,4,14H2,1-3H3,(H2,28,29). The molecule has 1 amide bonds. The van der Waals surface area contributed by atoms with Gasteiger partial charge in [0.05, 0.1) is 12.9 Å². The van der Waals surface area contributed by atoms with E-state index in [1.807, 2.05) is 6.07 Å². The molecular formula is C26H26FN3O5S. The van der Waals surface area contributed by atoms with E-state index in [1.165, 1.54) is 37.3 Å². The summed E-state index contributed by atoms with van der Waals surface area (Å²) in [5, 5.41) is 0. The minimum atomic E-state index is -3.72. The number of nitrogens with zero attached hydrogens (tertiary/aromatic N) is 2. The average Bonchev–Trinajstić information content (AvgIpc) is 3.09. The van der Waals surface area contributed by atoms with Crippen LogP contribution in [0, 0.1) is 5.82 Å². The first kappa shape index (κ1) is 25.2. The maximum Gasteiger partial charge on any atom is 0.309 e. The molecule has 3 aromatic carbocycles. The SMILES string of the molecule is CCCS(=O)(=O)Oc1ccc(C2(c3cccc(-c4ccc(F)c(OC)c4)c3)N=C(N)N(C)C2=O)cc1. The van der Waals surface area contributed by atoms with Gasteiger partial charge in [0.15, 0.2) is 23.1 Å². The summed E-state index contributed by atoms with van der Waals surface area (Å²) < 4.78 is 48.3. The minimum absolute atomic E-state index is 0.0414. The Hall–Kier alpha value is -3.92. The molecule has 1 atom stereocenters. The van der Waals surface area contributed by atoms with Gasteiger partial charge in [0, 0.05) is 7.05 Å². The smallest absolute Gasteiger partial charge is 0.309 e. The number of likely N-dealkylation sites (N-methyl/N-ethyl adjacent to an activating group) is 1. The number of hydrogen-bond acceptors (Lipinski definition) is 7. The van der Waals surface area contributed by atoms with Crippen LogP contribution in [0.4, 0.5) is 4.39 Å². The third-order valence-corrected chi connectivity index (χ3v) is 7.31. The van der Waals surface area contributed by atoms with E-state index in [0.717, 1.165) is 0 Å².